The zero-order valence-corrected chi connectivity index (χ0v) is 14.7. The largest absolute Gasteiger partial charge is 0.384 e. The van der Waals surface area contributed by atoms with Crippen LogP contribution in [0.5, 0.6) is 0 Å². The van der Waals surface area contributed by atoms with Gasteiger partial charge in [-0.15, -0.1) is 0 Å². The molecule has 0 fully saturated rings. The summed E-state index contributed by atoms with van der Waals surface area (Å²) in [4.78, 5) is 29.9. The molecule has 0 saturated heterocycles. The second-order valence-corrected chi connectivity index (χ2v) is 6.22. The minimum Gasteiger partial charge on any atom is -0.384 e. The quantitative estimate of drug-likeness (QED) is 0.226. The molecular formula is C15H16ClN5O3S. The van der Waals surface area contributed by atoms with E-state index in [2.05, 4.69) is 20.6 Å². The molecule has 0 radical (unpaired) electrons. The molecule has 8 nitrogen and oxygen atoms in total. The van der Waals surface area contributed by atoms with Gasteiger partial charge in [0.05, 0.1) is 21.4 Å². The van der Waals surface area contributed by atoms with Gasteiger partial charge < -0.3 is 10.6 Å². The van der Waals surface area contributed by atoms with Crippen LogP contribution in [0.15, 0.2) is 41.8 Å². The Kier molecular flexibility index (Phi) is 7.42. The molecule has 1 aromatic carbocycles. The average Bonchev–Trinajstić information content (AvgIpc) is 2.61. The Morgan fingerprint density at radius 1 is 1.28 bits per heavy atom. The van der Waals surface area contributed by atoms with E-state index in [9.17, 15) is 14.9 Å². The first kappa shape index (κ1) is 18.9. The highest BCUT2D eigenvalue weighted by atomic mass is 35.5. The van der Waals surface area contributed by atoms with E-state index in [1.165, 1.54) is 23.9 Å². The lowest BCUT2D eigenvalue weighted by Gasteiger charge is -2.09. The molecule has 0 unspecified atom stereocenters. The van der Waals surface area contributed by atoms with Crippen LogP contribution in [0, 0.1) is 10.1 Å². The Morgan fingerprint density at radius 2 is 2.04 bits per heavy atom. The minimum absolute atomic E-state index is 0.0530. The van der Waals surface area contributed by atoms with Crippen molar-refractivity contribution in [3.8, 4) is 0 Å². The van der Waals surface area contributed by atoms with Gasteiger partial charge in [0.25, 0.3) is 5.69 Å². The Labute approximate surface area is 153 Å². The van der Waals surface area contributed by atoms with Crippen LogP contribution in [0.25, 0.3) is 0 Å². The van der Waals surface area contributed by atoms with E-state index in [1.807, 2.05) is 0 Å². The zero-order valence-electron chi connectivity index (χ0n) is 13.1. The third kappa shape index (κ3) is 6.55. The summed E-state index contributed by atoms with van der Waals surface area (Å²) < 4.78 is 0. The first-order valence-corrected chi connectivity index (χ1v) is 8.77. The van der Waals surface area contributed by atoms with Gasteiger partial charge in [-0.25, -0.2) is 9.97 Å². The summed E-state index contributed by atoms with van der Waals surface area (Å²) in [7, 11) is 0. The highest BCUT2D eigenvalue weighted by Crippen LogP contribution is 2.26. The molecule has 0 saturated carbocycles. The molecule has 0 aliphatic heterocycles. The number of carbonyl (C=O) groups is 1. The van der Waals surface area contributed by atoms with Gasteiger partial charge in [-0.1, -0.05) is 23.4 Å². The summed E-state index contributed by atoms with van der Waals surface area (Å²) >= 11 is 7.26. The van der Waals surface area contributed by atoms with Gasteiger partial charge in [0, 0.05) is 37.6 Å². The van der Waals surface area contributed by atoms with Crippen molar-refractivity contribution in [2.45, 2.75) is 11.6 Å². The number of nitro benzene ring substituents is 1. The van der Waals surface area contributed by atoms with Crippen molar-refractivity contribution in [1.29, 1.82) is 0 Å². The lowest BCUT2D eigenvalue weighted by molar-refractivity contribution is -0.384. The number of hydrogen-bond acceptors (Lipinski definition) is 7. The monoisotopic (exact) mass is 381 g/mol. The zero-order chi connectivity index (χ0) is 18.1. The maximum Gasteiger partial charge on any atom is 0.271 e. The van der Waals surface area contributed by atoms with Crippen molar-refractivity contribution in [3.05, 3.63) is 51.8 Å². The Hall–Kier alpha value is -2.39. The lowest BCUT2D eigenvalue weighted by Crippen LogP contribution is -2.27. The number of anilines is 1. The predicted octanol–water partition coefficient (Wildman–Crippen LogP) is 2.75. The predicted molar refractivity (Wildman–Crippen MR) is 97.0 cm³/mol. The van der Waals surface area contributed by atoms with E-state index in [0.717, 1.165) is 0 Å². The molecule has 25 heavy (non-hydrogen) atoms. The van der Waals surface area contributed by atoms with Crippen LogP contribution < -0.4 is 10.6 Å². The Morgan fingerprint density at radius 3 is 2.72 bits per heavy atom. The van der Waals surface area contributed by atoms with E-state index < -0.39 is 4.92 Å². The molecule has 0 bridgehead atoms. The van der Waals surface area contributed by atoms with Gasteiger partial charge in [-0.2, -0.15) is 0 Å². The van der Waals surface area contributed by atoms with Crippen molar-refractivity contribution in [3.63, 3.8) is 0 Å². The van der Waals surface area contributed by atoms with Crippen LogP contribution in [0.1, 0.15) is 6.42 Å². The molecule has 132 valence electrons. The summed E-state index contributed by atoms with van der Waals surface area (Å²) in [5.41, 5.74) is 0.568. The molecule has 0 aliphatic rings. The van der Waals surface area contributed by atoms with Gasteiger partial charge in [0.1, 0.15) is 0 Å². The van der Waals surface area contributed by atoms with Crippen molar-refractivity contribution >= 4 is 40.6 Å². The van der Waals surface area contributed by atoms with Crippen LogP contribution in [0.3, 0.4) is 0 Å². The number of carbonyl (C=O) groups excluding carboxylic acids is 1. The summed E-state index contributed by atoms with van der Waals surface area (Å²) in [6.45, 7) is 1.08. The second-order valence-electron chi connectivity index (χ2n) is 4.87. The van der Waals surface area contributed by atoms with E-state index in [0.29, 0.717) is 30.4 Å². The van der Waals surface area contributed by atoms with Crippen molar-refractivity contribution in [2.24, 2.45) is 0 Å². The van der Waals surface area contributed by atoms with Crippen LogP contribution in [0.2, 0.25) is 5.02 Å². The average molecular weight is 382 g/mol. The lowest BCUT2D eigenvalue weighted by atomic mass is 10.2. The van der Waals surface area contributed by atoms with Gasteiger partial charge in [0.2, 0.25) is 5.91 Å². The minimum atomic E-state index is -0.496. The number of nitrogens with one attached hydrogen (secondary N) is 2. The topological polar surface area (TPSA) is 110 Å². The molecule has 10 heteroatoms. The molecule has 2 rings (SSSR count). The molecular weight excluding hydrogens is 366 g/mol. The molecule has 1 aromatic heterocycles. The standard InChI is InChI=1S/C15H16ClN5O3S/c16-12-9-11(21(23)24)3-4-13(12)17-5-1-6-18-14(22)10-25-15-19-7-2-8-20-15/h2-4,7-9,17H,1,5-6,10H2,(H,18,22). The number of amides is 1. The molecule has 1 amide bonds. The molecule has 2 N–H and O–H groups in total. The van der Waals surface area contributed by atoms with E-state index in [4.69, 9.17) is 11.6 Å². The molecule has 2 aromatic rings. The second kappa shape index (κ2) is 9.80. The van der Waals surface area contributed by atoms with E-state index in [1.54, 1.807) is 24.5 Å². The normalized spacial score (nSPS) is 10.3. The number of thioether (sulfide) groups is 1. The maximum atomic E-state index is 11.7. The van der Waals surface area contributed by atoms with Crippen LogP contribution in [-0.4, -0.2) is 39.6 Å². The highest BCUT2D eigenvalue weighted by molar-refractivity contribution is 7.99. The summed E-state index contributed by atoms with van der Waals surface area (Å²) in [6, 6.07) is 5.97. The molecule has 0 aliphatic carbocycles. The Balaban J connectivity index is 1.63. The van der Waals surface area contributed by atoms with Crippen LogP contribution in [0.4, 0.5) is 11.4 Å². The summed E-state index contributed by atoms with van der Waals surface area (Å²) in [5.74, 6) is 0.164. The fourth-order valence-corrected chi connectivity index (χ4v) is 2.72. The summed E-state index contributed by atoms with van der Waals surface area (Å²) in [6.07, 6.45) is 3.94. The van der Waals surface area contributed by atoms with Crippen LogP contribution in [-0.2, 0) is 4.79 Å². The van der Waals surface area contributed by atoms with Crippen molar-refractivity contribution < 1.29 is 9.72 Å². The van der Waals surface area contributed by atoms with E-state index in [-0.39, 0.29) is 22.4 Å². The highest BCUT2D eigenvalue weighted by Gasteiger charge is 2.09. The maximum absolute atomic E-state index is 11.7. The van der Waals surface area contributed by atoms with Gasteiger partial charge in [-0.05, 0) is 18.6 Å². The van der Waals surface area contributed by atoms with E-state index >= 15 is 0 Å². The fourth-order valence-electron chi connectivity index (χ4n) is 1.84. The molecule has 0 atom stereocenters. The van der Waals surface area contributed by atoms with Crippen molar-refractivity contribution in [2.75, 3.05) is 24.2 Å². The number of hydrogen-bond donors (Lipinski definition) is 2. The third-order valence-electron chi connectivity index (χ3n) is 3.03. The summed E-state index contributed by atoms with van der Waals surface area (Å²) in [5, 5.41) is 17.4. The number of benzene rings is 1. The number of nitro groups is 1. The van der Waals surface area contributed by atoms with Crippen molar-refractivity contribution in [1.82, 2.24) is 15.3 Å². The third-order valence-corrected chi connectivity index (χ3v) is 4.22. The number of nitrogens with zero attached hydrogens (tertiary/aromatic N) is 3. The number of aromatic nitrogens is 2. The fraction of sp³-hybridized carbons (Fsp3) is 0.267. The Bertz CT molecular complexity index is 732. The smallest absolute Gasteiger partial charge is 0.271 e. The molecule has 0 spiro atoms. The number of non-ortho nitro benzene ring substituents is 1. The first-order chi connectivity index (χ1) is 12.1. The first-order valence-electron chi connectivity index (χ1n) is 7.40. The van der Waals surface area contributed by atoms with Crippen LogP contribution >= 0.6 is 23.4 Å². The number of rotatable bonds is 9. The van der Waals surface area contributed by atoms with Gasteiger partial charge in [-0.3, -0.25) is 14.9 Å². The number of halogens is 1. The van der Waals surface area contributed by atoms with Gasteiger partial charge >= 0.3 is 0 Å². The van der Waals surface area contributed by atoms with Gasteiger partial charge in [0.15, 0.2) is 5.16 Å². The molecule has 1 heterocycles. The SMILES string of the molecule is O=C(CSc1ncccn1)NCCCNc1ccc([N+](=O)[O-])cc1Cl.